The summed E-state index contributed by atoms with van der Waals surface area (Å²) in [6, 6.07) is 18.2. The minimum Gasteiger partial charge on any atom is -0.237 e. The SMILES string of the molecule is CC.CC.Cc1ccc(-n2nc3c(Cl)nnc(-c4ccccc4)c3c2C)cc1. The second-order valence-electron chi connectivity index (χ2n) is 5.76. The number of benzene rings is 2. The van der Waals surface area contributed by atoms with E-state index in [-0.39, 0.29) is 0 Å². The summed E-state index contributed by atoms with van der Waals surface area (Å²) < 4.78 is 1.89. The molecule has 2 aromatic carbocycles. The lowest BCUT2D eigenvalue weighted by Crippen LogP contribution is -1.98. The maximum Gasteiger partial charge on any atom is 0.179 e. The molecule has 2 heterocycles. The van der Waals surface area contributed by atoms with Crippen molar-refractivity contribution in [1.29, 1.82) is 0 Å². The molecule has 4 aromatic rings. The van der Waals surface area contributed by atoms with Crippen LogP contribution in [0.1, 0.15) is 39.0 Å². The maximum atomic E-state index is 6.27. The molecule has 28 heavy (non-hydrogen) atoms. The van der Waals surface area contributed by atoms with Gasteiger partial charge in [0.2, 0.25) is 0 Å². The fourth-order valence-electron chi connectivity index (χ4n) is 2.86. The zero-order valence-electron chi connectivity index (χ0n) is 17.4. The van der Waals surface area contributed by atoms with Crippen LogP contribution in [-0.2, 0) is 0 Å². The normalized spacial score (nSPS) is 9.96. The smallest absolute Gasteiger partial charge is 0.179 e. The average Bonchev–Trinajstić information content (AvgIpc) is 3.11. The molecule has 0 N–H and O–H groups in total. The van der Waals surface area contributed by atoms with Gasteiger partial charge in [0.25, 0.3) is 0 Å². The van der Waals surface area contributed by atoms with Crippen LogP contribution in [0.3, 0.4) is 0 Å². The minimum atomic E-state index is 0.318. The van der Waals surface area contributed by atoms with Crippen molar-refractivity contribution in [3.8, 4) is 16.9 Å². The van der Waals surface area contributed by atoms with E-state index in [9.17, 15) is 0 Å². The third-order valence-corrected chi connectivity index (χ3v) is 4.37. The highest BCUT2D eigenvalue weighted by Gasteiger charge is 2.18. The Morgan fingerprint density at radius 3 is 2.00 bits per heavy atom. The molecule has 0 amide bonds. The predicted molar refractivity (Wildman–Crippen MR) is 119 cm³/mol. The summed E-state index contributed by atoms with van der Waals surface area (Å²) in [4.78, 5) is 0. The van der Waals surface area contributed by atoms with Crippen LogP contribution in [0.2, 0.25) is 5.15 Å². The second-order valence-corrected chi connectivity index (χ2v) is 6.12. The monoisotopic (exact) mass is 394 g/mol. The first-order valence-electron chi connectivity index (χ1n) is 9.69. The Balaban J connectivity index is 0.000000660. The molecule has 0 bridgehead atoms. The lowest BCUT2D eigenvalue weighted by atomic mass is 10.1. The summed E-state index contributed by atoms with van der Waals surface area (Å²) in [5.41, 5.74) is 5.65. The molecule has 0 atom stereocenters. The van der Waals surface area contributed by atoms with Gasteiger partial charge in [-0.2, -0.15) is 5.10 Å². The molecule has 0 spiro atoms. The first-order chi connectivity index (χ1) is 13.6. The fraction of sp³-hybridized carbons (Fsp3) is 0.261. The van der Waals surface area contributed by atoms with Crippen molar-refractivity contribution in [3.05, 3.63) is 71.0 Å². The molecule has 0 saturated carbocycles. The molecule has 0 fully saturated rings. The van der Waals surface area contributed by atoms with E-state index in [0.29, 0.717) is 10.7 Å². The number of nitrogens with zero attached hydrogens (tertiary/aromatic N) is 4. The van der Waals surface area contributed by atoms with Gasteiger partial charge in [-0.05, 0) is 26.0 Å². The predicted octanol–water partition coefficient (Wildman–Crippen LogP) is 6.81. The Bertz CT molecular complexity index is 1020. The number of hydrogen-bond acceptors (Lipinski definition) is 3. The number of aromatic nitrogens is 4. The van der Waals surface area contributed by atoms with E-state index in [4.69, 9.17) is 11.6 Å². The van der Waals surface area contributed by atoms with Gasteiger partial charge in [0, 0.05) is 5.56 Å². The standard InChI is InChI=1S/C19H15ClN4.2C2H6/c1-12-8-10-15(11-9-12)24-13(2)16-17(14-6-4-3-5-7-14)21-22-19(20)18(16)23-24;2*1-2/h3-11H,1-2H3;2*1-2H3. The van der Waals surface area contributed by atoms with Gasteiger partial charge in [-0.1, -0.05) is 87.3 Å². The fourth-order valence-corrected chi connectivity index (χ4v) is 3.03. The lowest BCUT2D eigenvalue weighted by molar-refractivity contribution is 0.860. The number of rotatable bonds is 2. The summed E-state index contributed by atoms with van der Waals surface area (Å²) in [7, 11) is 0. The summed E-state index contributed by atoms with van der Waals surface area (Å²) in [5.74, 6) is 0. The Morgan fingerprint density at radius 2 is 1.39 bits per heavy atom. The highest BCUT2D eigenvalue weighted by Crippen LogP contribution is 2.32. The molecule has 0 aliphatic heterocycles. The zero-order chi connectivity index (χ0) is 20.7. The van der Waals surface area contributed by atoms with Gasteiger partial charge in [0.15, 0.2) is 5.15 Å². The van der Waals surface area contributed by atoms with Crippen LogP contribution in [0.5, 0.6) is 0 Å². The molecule has 0 aliphatic rings. The number of aryl methyl sites for hydroxylation is 2. The summed E-state index contributed by atoms with van der Waals surface area (Å²) >= 11 is 6.27. The molecular formula is C23H27ClN4. The van der Waals surface area contributed by atoms with E-state index in [1.807, 2.05) is 81.8 Å². The Hall–Kier alpha value is -2.72. The molecule has 5 heteroatoms. The number of halogens is 1. The molecule has 4 rings (SSSR count). The van der Waals surface area contributed by atoms with Crippen LogP contribution in [0.4, 0.5) is 0 Å². The average molecular weight is 395 g/mol. The van der Waals surface area contributed by atoms with E-state index in [1.54, 1.807) is 0 Å². The van der Waals surface area contributed by atoms with E-state index in [2.05, 4.69) is 34.4 Å². The summed E-state index contributed by atoms with van der Waals surface area (Å²) in [5, 5.41) is 14.3. The third kappa shape index (κ3) is 4.23. The van der Waals surface area contributed by atoms with Gasteiger partial charge in [-0.15, -0.1) is 10.2 Å². The van der Waals surface area contributed by atoms with Gasteiger partial charge in [-0.25, -0.2) is 4.68 Å². The molecule has 146 valence electrons. The second kappa shape index (κ2) is 10.00. The molecule has 4 nitrogen and oxygen atoms in total. The van der Waals surface area contributed by atoms with E-state index < -0.39 is 0 Å². The van der Waals surface area contributed by atoms with E-state index in [0.717, 1.165) is 28.0 Å². The Labute approximate surface area is 172 Å². The quantitative estimate of drug-likeness (QED) is 0.375. The van der Waals surface area contributed by atoms with Crippen molar-refractivity contribution in [2.75, 3.05) is 0 Å². The minimum absolute atomic E-state index is 0.318. The van der Waals surface area contributed by atoms with Crippen molar-refractivity contribution in [1.82, 2.24) is 20.0 Å². The van der Waals surface area contributed by atoms with Gasteiger partial charge < -0.3 is 0 Å². The van der Waals surface area contributed by atoms with Crippen LogP contribution in [0.15, 0.2) is 54.6 Å². The molecule has 0 unspecified atom stereocenters. The largest absolute Gasteiger partial charge is 0.237 e. The molecule has 0 radical (unpaired) electrons. The summed E-state index contributed by atoms with van der Waals surface area (Å²) in [6.07, 6.45) is 0. The van der Waals surface area contributed by atoms with Gasteiger partial charge >= 0.3 is 0 Å². The van der Waals surface area contributed by atoms with E-state index in [1.165, 1.54) is 5.56 Å². The van der Waals surface area contributed by atoms with Crippen molar-refractivity contribution in [3.63, 3.8) is 0 Å². The Morgan fingerprint density at radius 1 is 0.786 bits per heavy atom. The Kier molecular flexibility index (Phi) is 7.70. The van der Waals surface area contributed by atoms with Crippen LogP contribution in [-0.4, -0.2) is 20.0 Å². The van der Waals surface area contributed by atoms with Crippen molar-refractivity contribution in [2.24, 2.45) is 0 Å². The molecular weight excluding hydrogens is 368 g/mol. The van der Waals surface area contributed by atoms with Crippen molar-refractivity contribution >= 4 is 22.5 Å². The lowest BCUT2D eigenvalue weighted by Gasteiger charge is -2.05. The van der Waals surface area contributed by atoms with Crippen LogP contribution >= 0.6 is 11.6 Å². The van der Waals surface area contributed by atoms with Crippen molar-refractivity contribution < 1.29 is 0 Å². The third-order valence-electron chi connectivity index (χ3n) is 4.11. The molecule has 0 aliphatic carbocycles. The van der Waals surface area contributed by atoms with Crippen LogP contribution < -0.4 is 0 Å². The van der Waals surface area contributed by atoms with E-state index >= 15 is 0 Å². The van der Waals surface area contributed by atoms with Crippen LogP contribution in [0, 0.1) is 13.8 Å². The highest BCUT2D eigenvalue weighted by atomic mass is 35.5. The molecule has 2 aromatic heterocycles. The maximum absolute atomic E-state index is 6.27. The summed E-state index contributed by atoms with van der Waals surface area (Å²) in [6.45, 7) is 12.1. The van der Waals surface area contributed by atoms with Gasteiger partial charge in [0.05, 0.1) is 16.8 Å². The first-order valence-corrected chi connectivity index (χ1v) is 10.1. The van der Waals surface area contributed by atoms with Gasteiger partial charge in [0.1, 0.15) is 11.2 Å². The highest BCUT2D eigenvalue weighted by molar-refractivity contribution is 6.34. The van der Waals surface area contributed by atoms with Gasteiger partial charge in [-0.3, -0.25) is 0 Å². The van der Waals surface area contributed by atoms with Crippen LogP contribution in [0.25, 0.3) is 27.8 Å². The van der Waals surface area contributed by atoms with Crippen molar-refractivity contribution in [2.45, 2.75) is 41.5 Å². The number of fused-ring (bicyclic) bond motifs is 1. The zero-order valence-corrected chi connectivity index (χ0v) is 18.1. The molecule has 0 saturated heterocycles. The number of hydrogen-bond donors (Lipinski definition) is 0. The topological polar surface area (TPSA) is 43.6 Å². The first kappa shape index (κ1) is 21.6.